The third kappa shape index (κ3) is 5.12. The minimum Gasteiger partial charge on any atom is -0.391 e. The predicted molar refractivity (Wildman–Crippen MR) is 117 cm³/mol. The van der Waals surface area contributed by atoms with Gasteiger partial charge in [-0.05, 0) is 18.3 Å². The number of hydrogen-bond acceptors (Lipinski definition) is 7. The zero-order chi connectivity index (χ0) is 23.8. The first kappa shape index (κ1) is 24.6. The van der Waals surface area contributed by atoms with Crippen LogP contribution in [0.1, 0.15) is 57.7 Å². The summed E-state index contributed by atoms with van der Waals surface area (Å²) in [6.07, 6.45) is 3.69. The quantitative estimate of drug-likeness (QED) is 0.603. The molecule has 0 bridgehead atoms. The maximum atomic E-state index is 13.6. The van der Waals surface area contributed by atoms with E-state index in [1.807, 2.05) is 20.8 Å². The normalized spacial score (nSPS) is 24.5. The number of aliphatic hydroxyl groups excluding tert-OH is 1. The molecule has 0 saturated carbocycles. The van der Waals surface area contributed by atoms with Crippen LogP contribution in [0.25, 0.3) is 0 Å². The second-order valence-electron chi connectivity index (χ2n) is 9.84. The van der Waals surface area contributed by atoms with Gasteiger partial charge in [0.2, 0.25) is 21.8 Å². The molecule has 2 amide bonds. The first-order chi connectivity index (χ1) is 14.8. The Morgan fingerprint density at radius 1 is 1.25 bits per heavy atom. The Morgan fingerprint density at radius 2 is 1.88 bits per heavy atom. The highest BCUT2D eigenvalue weighted by Gasteiger charge is 2.45. The fourth-order valence-corrected chi connectivity index (χ4v) is 5.47. The minimum atomic E-state index is -3.21. The molecule has 0 aromatic carbocycles. The van der Waals surface area contributed by atoms with Crippen molar-refractivity contribution < 1.29 is 23.1 Å². The van der Waals surface area contributed by atoms with E-state index in [1.54, 1.807) is 10.9 Å². The summed E-state index contributed by atoms with van der Waals surface area (Å²) >= 11 is 0. The van der Waals surface area contributed by atoms with E-state index in [9.17, 15) is 23.1 Å². The van der Waals surface area contributed by atoms with E-state index >= 15 is 0 Å². The molecule has 2 fully saturated rings. The lowest BCUT2D eigenvalue weighted by Crippen LogP contribution is -2.49. The van der Waals surface area contributed by atoms with Crippen molar-refractivity contribution in [2.45, 2.75) is 64.1 Å². The molecule has 2 aliphatic heterocycles. The number of carbonyl (C=O) groups is 2. The van der Waals surface area contributed by atoms with Crippen molar-refractivity contribution >= 4 is 21.8 Å². The Hall–Kier alpha value is -2.05. The smallest absolute Gasteiger partial charge is 0.248 e. The highest BCUT2D eigenvalue weighted by molar-refractivity contribution is 7.88. The predicted octanol–water partition coefficient (Wildman–Crippen LogP) is -0.288. The molecule has 180 valence electrons. The number of rotatable bonds is 5. The molecule has 1 aromatic heterocycles. The number of nitrogens with zero attached hydrogens (tertiary/aromatic N) is 5. The number of amides is 2. The van der Waals surface area contributed by atoms with Crippen molar-refractivity contribution in [2.75, 3.05) is 32.9 Å². The standard InChI is InChI=1S/C20H34N6O5S/c1-20(2,3)17(19(29)25-11-14(27)10-16(25)18(28)21-4)26-12-15(22-23-26)13-6-8-24(9-7-13)32(5,30)31/h12-14,16-17,27H,6-11H2,1-5H3,(H,21,28)/t14?,16?,17-/m1/s1. The van der Waals surface area contributed by atoms with Crippen molar-refractivity contribution in [3.63, 3.8) is 0 Å². The molecule has 3 atom stereocenters. The molecule has 32 heavy (non-hydrogen) atoms. The van der Waals surface area contributed by atoms with Gasteiger partial charge in [0.25, 0.3) is 0 Å². The number of β-amino-alcohol motifs (C(OH)–C–C–N with tert-alkyl or cyclic N) is 1. The van der Waals surface area contributed by atoms with Gasteiger partial charge in [-0.1, -0.05) is 26.0 Å². The Bertz CT molecular complexity index is 948. The number of nitrogens with one attached hydrogen (secondary N) is 1. The minimum absolute atomic E-state index is 0.0599. The van der Waals surface area contributed by atoms with Gasteiger partial charge in [0.05, 0.1) is 18.1 Å². The van der Waals surface area contributed by atoms with Crippen LogP contribution >= 0.6 is 0 Å². The molecule has 1 aromatic rings. The third-order valence-electron chi connectivity index (χ3n) is 6.30. The van der Waals surface area contributed by atoms with E-state index in [2.05, 4.69) is 15.6 Å². The molecule has 2 N–H and O–H groups in total. The molecule has 2 aliphatic rings. The number of likely N-dealkylation sites (tertiary alicyclic amines) is 1. The molecule has 3 heterocycles. The average Bonchev–Trinajstić information content (AvgIpc) is 3.33. The molecule has 2 unspecified atom stereocenters. The van der Waals surface area contributed by atoms with Crippen molar-refractivity contribution in [1.82, 2.24) is 29.5 Å². The van der Waals surface area contributed by atoms with Crippen LogP contribution < -0.4 is 5.32 Å². The van der Waals surface area contributed by atoms with Gasteiger partial charge >= 0.3 is 0 Å². The zero-order valence-electron chi connectivity index (χ0n) is 19.4. The van der Waals surface area contributed by atoms with Crippen LogP contribution in [-0.2, 0) is 19.6 Å². The number of piperidine rings is 1. The summed E-state index contributed by atoms with van der Waals surface area (Å²) in [5.41, 5.74) is 0.201. The highest BCUT2D eigenvalue weighted by Crippen LogP contribution is 2.35. The zero-order valence-corrected chi connectivity index (χ0v) is 20.2. The molecule has 12 heteroatoms. The van der Waals surface area contributed by atoms with E-state index < -0.39 is 33.6 Å². The maximum Gasteiger partial charge on any atom is 0.248 e. The Morgan fingerprint density at radius 3 is 2.41 bits per heavy atom. The van der Waals surface area contributed by atoms with E-state index in [1.165, 1.54) is 22.5 Å². The van der Waals surface area contributed by atoms with Crippen LogP contribution in [-0.4, -0.2) is 94.6 Å². The van der Waals surface area contributed by atoms with Gasteiger partial charge in [-0.25, -0.2) is 17.4 Å². The topological polar surface area (TPSA) is 138 Å². The Kier molecular flexibility index (Phi) is 6.97. The number of likely N-dealkylation sites (N-methyl/N-ethyl adjacent to an activating group) is 1. The number of aromatic nitrogens is 3. The van der Waals surface area contributed by atoms with E-state index in [0.717, 1.165) is 5.69 Å². The third-order valence-corrected chi connectivity index (χ3v) is 7.60. The highest BCUT2D eigenvalue weighted by atomic mass is 32.2. The SMILES string of the molecule is CNC(=O)C1CC(O)CN1C(=O)[C@@H](n1cc(C2CCN(S(C)(=O)=O)CC2)nn1)C(C)(C)C. The summed E-state index contributed by atoms with van der Waals surface area (Å²) in [5.74, 6) is -0.532. The molecule has 0 aliphatic carbocycles. The van der Waals surface area contributed by atoms with E-state index in [-0.39, 0.29) is 30.7 Å². The molecular formula is C20H34N6O5S. The second-order valence-corrected chi connectivity index (χ2v) is 11.8. The summed E-state index contributed by atoms with van der Waals surface area (Å²) in [5, 5.41) is 21.2. The first-order valence-electron chi connectivity index (χ1n) is 10.9. The Labute approximate surface area is 189 Å². The molecular weight excluding hydrogens is 436 g/mol. The lowest BCUT2D eigenvalue weighted by molar-refractivity contribution is -0.144. The summed E-state index contributed by atoms with van der Waals surface area (Å²) in [7, 11) is -1.70. The van der Waals surface area contributed by atoms with Crippen LogP contribution in [0.15, 0.2) is 6.20 Å². The van der Waals surface area contributed by atoms with Gasteiger partial charge in [-0.2, -0.15) is 0 Å². The van der Waals surface area contributed by atoms with Crippen LogP contribution in [0.5, 0.6) is 0 Å². The lowest BCUT2D eigenvalue weighted by Gasteiger charge is -2.34. The van der Waals surface area contributed by atoms with Gasteiger partial charge in [0.1, 0.15) is 12.1 Å². The van der Waals surface area contributed by atoms with E-state index in [0.29, 0.717) is 25.9 Å². The van der Waals surface area contributed by atoms with Crippen LogP contribution in [0.3, 0.4) is 0 Å². The average molecular weight is 471 g/mol. The fourth-order valence-electron chi connectivity index (χ4n) is 4.60. The summed E-state index contributed by atoms with van der Waals surface area (Å²) in [6, 6.07) is -1.44. The monoisotopic (exact) mass is 470 g/mol. The molecule has 2 saturated heterocycles. The van der Waals surface area contributed by atoms with Crippen LogP contribution in [0.4, 0.5) is 0 Å². The number of carbonyl (C=O) groups excluding carboxylic acids is 2. The summed E-state index contributed by atoms with van der Waals surface area (Å²) in [4.78, 5) is 27.3. The van der Waals surface area contributed by atoms with Crippen LogP contribution in [0, 0.1) is 5.41 Å². The van der Waals surface area contributed by atoms with Gasteiger partial charge in [-0.15, -0.1) is 5.10 Å². The maximum absolute atomic E-state index is 13.6. The lowest BCUT2D eigenvalue weighted by atomic mass is 9.85. The van der Waals surface area contributed by atoms with Crippen molar-refractivity contribution in [1.29, 1.82) is 0 Å². The summed E-state index contributed by atoms with van der Waals surface area (Å²) in [6.45, 7) is 6.71. The Balaban J connectivity index is 1.82. The van der Waals surface area contributed by atoms with Crippen molar-refractivity contribution in [3.8, 4) is 0 Å². The van der Waals surface area contributed by atoms with Gasteiger partial charge in [0.15, 0.2) is 0 Å². The molecule has 11 nitrogen and oxygen atoms in total. The second kappa shape index (κ2) is 9.06. The first-order valence-corrected chi connectivity index (χ1v) is 12.7. The molecule has 0 spiro atoms. The van der Waals surface area contributed by atoms with Crippen LogP contribution in [0.2, 0.25) is 0 Å². The van der Waals surface area contributed by atoms with Gasteiger partial charge < -0.3 is 15.3 Å². The van der Waals surface area contributed by atoms with Crippen molar-refractivity contribution in [3.05, 3.63) is 11.9 Å². The fraction of sp³-hybridized carbons (Fsp3) is 0.800. The van der Waals surface area contributed by atoms with Crippen molar-refractivity contribution in [2.24, 2.45) is 5.41 Å². The van der Waals surface area contributed by atoms with E-state index in [4.69, 9.17) is 0 Å². The molecule has 3 rings (SSSR count). The number of sulfonamides is 1. The largest absolute Gasteiger partial charge is 0.391 e. The number of aliphatic hydroxyl groups is 1. The van der Waals surface area contributed by atoms with Gasteiger partial charge in [0, 0.05) is 45.2 Å². The molecule has 0 radical (unpaired) electrons. The number of hydrogen-bond donors (Lipinski definition) is 2. The summed E-state index contributed by atoms with van der Waals surface area (Å²) < 4.78 is 26.5. The van der Waals surface area contributed by atoms with Gasteiger partial charge in [-0.3, -0.25) is 9.59 Å².